The third-order valence-corrected chi connectivity index (χ3v) is 4.20. The Kier molecular flexibility index (Phi) is 7.24. The van der Waals surface area contributed by atoms with Crippen LogP contribution in [0.5, 0.6) is 5.75 Å². The molecule has 1 amide bonds. The molecule has 4 nitrogen and oxygen atoms in total. The molecule has 146 valence electrons. The Balaban J connectivity index is 1.99. The highest BCUT2D eigenvalue weighted by Gasteiger charge is 2.31. The SMILES string of the molecule is CCN(CC)Cc1ccccc1CNC(=O)c1ccc(OC(F)(F)F)cc1. The first-order valence-electron chi connectivity index (χ1n) is 8.75. The Morgan fingerprint density at radius 3 is 2.15 bits per heavy atom. The van der Waals surface area contributed by atoms with Crippen LogP contribution in [0.25, 0.3) is 0 Å². The first-order chi connectivity index (χ1) is 12.8. The van der Waals surface area contributed by atoms with E-state index < -0.39 is 6.36 Å². The second kappa shape index (κ2) is 9.41. The summed E-state index contributed by atoms with van der Waals surface area (Å²) in [6, 6.07) is 12.7. The van der Waals surface area contributed by atoms with Gasteiger partial charge >= 0.3 is 6.36 Å². The predicted molar refractivity (Wildman–Crippen MR) is 97.4 cm³/mol. The standard InChI is InChI=1S/C20H23F3N2O2/c1-3-25(4-2)14-17-8-6-5-7-16(17)13-24-19(26)15-9-11-18(12-10-15)27-20(21,22)23/h5-12H,3-4,13-14H2,1-2H3,(H,24,26). The van der Waals surface area contributed by atoms with Gasteiger partial charge in [-0.3, -0.25) is 9.69 Å². The van der Waals surface area contributed by atoms with Gasteiger partial charge in [0, 0.05) is 18.7 Å². The summed E-state index contributed by atoms with van der Waals surface area (Å²) < 4.78 is 40.4. The average molecular weight is 380 g/mol. The molecule has 0 saturated heterocycles. The maximum absolute atomic E-state index is 12.3. The maximum Gasteiger partial charge on any atom is 0.573 e. The lowest BCUT2D eigenvalue weighted by Crippen LogP contribution is -2.26. The summed E-state index contributed by atoms with van der Waals surface area (Å²) in [5, 5.41) is 2.81. The van der Waals surface area contributed by atoms with E-state index in [9.17, 15) is 18.0 Å². The zero-order valence-electron chi connectivity index (χ0n) is 15.3. The van der Waals surface area contributed by atoms with E-state index in [1.165, 1.54) is 12.1 Å². The lowest BCUT2D eigenvalue weighted by Gasteiger charge is -2.20. The quantitative estimate of drug-likeness (QED) is 0.740. The van der Waals surface area contributed by atoms with Gasteiger partial charge in [-0.2, -0.15) is 0 Å². The summed E-state index contributed by atoms with van der Waals surface area (Å²) in [4.78, 5) is 14.6. The number of carbonyl (C=O) groups is 1. The Hall–Kier alpha value is -2.54. The van der Waals surface area contributed by atoms with E-state index >= 15 is 0 Å². The van der Waals surface area contributed by atoms with Gasteiger partial charge in [-0.25, -0.2) is 0 Å². The van der Waals surface area contributed by atoms with Gasteiger partial charge in [0.15, 0.2) is 0 Å². The summed E-state index contributed by atoms with van der Waals surface area (Å²) in [7, 11) is 0. The molecule has 27 heavy (non-hydrogen) atoms. The zero-order valence-corrected chi connectivity index (χ0v) is 15.3. The highest BCUT2D eigenvalue weighted by molar-refractivity contribution is 5.94. The summed E-state index contributed by atoms with van der Waals surface area (Å²) in [6.07, 6.45) is -4.75. The summed E-state index contributed by atoms with van der Waals surface area (Å²) >= 11 is 0. The Labute approximate surface area is 156 Å². The number of hydrogen-bond donors (Lipinski definition) is 1. The lowest BCUT2D eigenvalue weighted by atomic mass is 10.1. The molecule has 1 N–H and O–H groups in total. The molecule has 2 rings (SSSR count). The molecule has 0 unspecified atom stereocenters. The van der Waals surface area contributed by atoms with E-state index in [1.807, 2.05) is 24.3 Å². The highest BCUT2D eigenvalue weighted by Crippen LogP contribution is 2.22. The van der Waals surface area contributed by atoms with E-state index in [0.717, 1.165) is 42.9 Å². The molecule has 7 heteroatoms. The van der Waals surface area contributed by atoms with Gasteiger partial charge in [-0.15, -0.1) is 13.2 Å². The Morgan fingerprint density at radius 1 is 1.00 bits per heavy atom. The second-order valence-corrected chi connectivity index (χ2v) is 5.98. The number of carbonyl (C=O) groups excluding carboxylic acids is 1. The third-order valence-electron chi connectivity index (χ3n) is 4.20. The Morgan fingerprint density at radius 2 is 1.59 bits per heavy atom. The molecule has 0 spiro atoms. The normalized spacial score (nSPS) is 11.5. The first kappa shape index (κ1) is 20.8. The number of ether oxygens (including phenoxy) is 1. The van der Waals surface area contributed by atoms with Crippen molar-refractivity contribution in [2.75, 3.05) is 13.1 Å². The molecule has 0 bridgehead atoms. The number of amides is 1. The summed E-state index contributed by atoms with van der Waals surface area (Å²) in [5.74, 6) is -0.713. The molecular formula is C20H23F3N2O2. The van der Waals surface area contributed by atoms with Gasteiger partial charge in [-0.05, 0) is 48.5 Å². The molecule has 0 radical (unpaired) electrons. The minimum absolute atomic E-state index is 0.269. The van der Waals surface area contributed by atoms with Crippen molar-refractivity contribution >= 4 is 5.91 Å². The van der Waals surface area contributed by atoms with Crippen molar-refractivity contribution in [3.63, 3.8) is 0 Å². The van der Waals surface area contributed by atoms with Gasteiger partial charge in [-0.1, -0.05) is 38.1 Å². The van der Waals surface area contributed by atoms with Crippen LogP contribution in [-0.4, -0.2) is 30.3 Å². The molecule has 0 atom stereocenters. The fourth-order valence-corrected chi connectivity index (χ4v) is 2.66. The molecule has 2 aromatic carbocycles. The average Bonchev–Trinajstić information content (AvgIpc) is 2.64. The van der Waals surface area contributed by atoms with Crippen LogP contribution < -0.4 is 10.1 Å². The number of hydrogen-bond acceptors (Lipinski definition) is 3. The van der Waals surface area contributed by atoms with Gasteiger partial charge in [0.05, 0.1) is 0 Å². The lowest BCUT2D eigenvalue weighted by molar-refractivity contribution is -0.274. The number of alkyl halides is 3. The van der Waals surface area contributed by atoms with Crippen molar-refractivity contribution in [1.82, 2.24) is 10.2 Å². The van der Waals surface area contributed by atoms with Gasteiger partial charge in [0.2, 0.25) is 0 Å². The van der Waals surface area contributed by atoms with Crippen LogP contribution in [0, 0.1) is 0 Å². The highest BCUT2D eigenvalue weighted by atomic mass is 19.4. The number of benzene rings is 2. The van der Waals surface area contributed by atoms with Crippen molar-refractivity contribution in [1.29, 1.82) is 0 Å². The van der Waals surface area contributed by atoms with Crippen LogP contribution in [0.15, 0.2) is 48.5 Å². The van der Waals surface area contributed by atoms with Crippen molar-refractivity contribution in [3.05, 3.63) is 65.2 Å². The summed E-state index contributed by atoms with van der Waals surface area (Å²) in [5.41, 5.74) is 2.41. The minimum Gasteiger partial charge on any atom is -0.406 e. The largest absolute Gasteiger partial charge is 0.573 e. The molecule has 0 aliphatic rings. The van der Waals surface area contributed by atoms with Gasteiger partial charge < -0.3 is 10.1 Å². The fourth-order valence-electron chi connectivity index (χ4n) is 2.66. The van der Waals surface area contributed by atoms with E-state index in [0.29, 0.717) is 6.54 Å². The van der Waals surface area contributed by atoms with Crippen LogP contribution in [0.4, 0.5) is 13.2 Å². The molecule has 0 aliphatic heterocycles. The van der Waals surface area contributed by atoms with Crippen molar-refractivity contribution in [2.24, 2.45) is 0 Å². The van der Waals surface area contributed by atoms with Crippen molar-refractivity contribution in [2.45, 2.75) is 33.3 Å². The van der Waals surface area contributed by atoms with Gasteiger partial charge in [0.1, 0.15) is 5.75 Å². The number of nitrogens with zero attached hydrogens (tertiary/aromatic N) is 1. The van der Waals surface area contributed by atoms with Crippen molar-refractivity contribution in [3.8, 4) is 5.75 Å². The Bertz CT molecular complexity index is 742. The number of nitrogens with one attached hydrogen (secondary N) is 1. The molecule has 0 aromatic heterocycles. The maximum atomic E-state index is 12.3. The monoisotopic (exact) mass is 380 g/mol. The molecule has 0 fully saturated rings. The van der Waals surface area contributed by atoms with E-state index in [2.05, 4.69) is 28.8 Å². The minimum atomic E-state index is -4.75. The van der Waals surface area contributed by atoms with Crippen LogP contribution in [0.1, 0.15) is 35.3 Å². The number of halogens is 3. The third kappa shape index (κ3) is 6.60. The first-order valence-corrected chi connectivity index (χ1v) is 8.75. The molecule has 0 heterocycles. The van der Waals surface area contributed by atoms with E-state index in [1.54, 1.807) is 0 Å². The zero-order chi connectivity index (χ0) is 19.9. The van der Waals surface area contributed by atoms with E-state index in [-0.39, 0.29) is 17.2 Å². The molecular weight excluding hydrogens is 357 g/mol. The fraction of sp³-hybridized carbons (Fsp3) is 0.350. The predicted octanol–water partition coefficient (Wildman–Crippen LogP) is 4.36. The smallest absolute Gasteiger partial charge is 0.406 e. The second-order valence-electron chi connectivity index (χ2n) is 5.98. The molecule has 2 aromatic rings. The van der Waals surface area contributed by atoms with Crippen LogP contribution in [0.3, 0.4) is 0 Å². The van der Waals surface area contributed by atoms with Gasteiger partial charge in [0.25, 0.3) is 5.91 Å². The number of rotatable bonds is 8. The van der Waals surface area contributed by atoms with E-state index in [4.69, 9.17) is 0 Å². The summed E-state index contributed by atoms with van der Waals surface area (Å²) in [6.45, 7) is 7.20. The van der Waals surface area contributed by atoms with Crippen LogP contribution in [-0.2, 0) is 13.1 Å². The van der Waals surface area contributed by atoms with Crippen molar-refractivity contribution < 1.29 is 22.7 Å². The van der Waals surface area contributed by atoms with Crippen LogP contribution in [0.2, 0.25) is 0 Å². The molecule has 0 aliphatic carbocycles. The molecule has 0 saturated carbocycles. The van der Waals surface area contributed by atoms with Crippen LogP contribution >= 0.6 is 0 Å². The topological polar surface area (TPSA) is 41.6 Å².